The van der Waals surface area contributed by atoms with Crippen molar-refractivity contribution in [1.82, 2.24) is 9.97 Å². The Morgan fingerprint density at radius 3 is 2.79 bits per heavy atom. The maximum atomic E-state index is 6.12. The minimum Gasteiger partial charge on any atom is -0.354 e. The van der Waals surface area contributed by atoms with Gasteiger partial charge in [0.1, 0.15) is 0 Å². The highest BCUT2D eigenvalue weighted by Crippen LogP contribution is 2.27. The van der Waals surface area contributed by atoms with Crippen LogP contribution in [0, 0.1) is 5.92 Å². The van der Waals surface area contributed by atoms with Crippen molar-refractivity contribution in [2.45, 2.75) is 31.1 Å². The third kappa shape index (κ3) is 3.16. The van der Waals surface area contributed by atoms with Gasteiger partial charge in [0.2, 0.25) is 5.95 Å². The van der Waals surface area contributed by atoms with Crippen molar-refractivity contribution < 1.29 is 0 Å². The van der Waals surface area contributed by atoms with Gasteiger partial charge >= 0.3 is 0 Å². The highest BCUT2D eigenvalue weighted by molar-refractivity contribution is 6.20. The fourth-order valence-electron chi connectivity index (χ4n) is 2.62. The smallest absolute Gasteiger partial charge is 0.223 e. The zero-order chi connectivity index (χ0) is 13.1. The molecule has 0 unspecified atom stereocenters. The van der Waals surface area contributed by atoms with Crippen LogP contribution in [0.3, 0.4) is 0 Å². The van der Waals surface area contributed by atoms with Crippen molar-refractivity contribution in [3.05, 3.63) is 30.5 Å². The second-order valence-electron chi connectivity index (χ2n) is 5.25. The summed E-state index contributed by atoms with van der Waals surface area (Å²) in [5.74, 6) is 1.43. The van der Waals surface area contributed by atoms with Crippen LogP contribution in [-0.2, 0) is 0 Å². The first-order chi connectivity index (χ1) is 9.31. The van der Waals surface area contributed by atoms with Crippen LogP contribution in [0.15, 0.2) is 30.5 Å². The Bertz CT molecular complexity index is 550. The Kier molecular flexibility index (Phi) is 3.83. The van der Waals surface area contributed by atoms with Gasteiger partial charge in [0, 0.05) is 23.5 Å². The van der Waals surface area contributed by atoms with Crippen molar-refractivity contribution in [2.24, 2.45) is 5.92 Å². The molecule has 19 heavy (non-hydrogen) atoms. The summed E-state index contributed by atoms with van der Waals surface area (Å²) in [4.78, 5) is 8.88. The minimum atomic E-state index is 0.383. The lowest BCUT2D eigenvalue weighted by Gasteiger charge is -2.25. The fraction of sp³-hybridized carbons (Fsp3) is 0.467. The molecule has 0 radical (unpaired) electrons. The van der Waals surface area contributed by atoms with Gasteiger partial charge in [0.05, 0.1) is 5.52 Å². The molecule has 1 N–H and O–H groups in total. The lowest BCUT2D eigenvalue weighted by atomic mass is 9.89. The maximum Gasteiger partial charge on any atom is 0.223 e. The number of nitrogens with zero attached hydrogens (tertiary/aromatic N) is 2. The molecule has 3 rings (SSSR count). The summed E-state index contributed by atoms with van der Waals surface area (Å²) in [6.45, 7) is 0.946. The van der Waals surface area contributed by atoms with E-state index in [1.807, 2.05) is 30.5 Å². The van der Waals surface area contributed by atoms with Crippen molar-refractivity contribution in [2.75, 3.05) is 11.9 Å². The van der Waals surface area contributed by atoms with E-state index < -0.39 is 0 Å². The van der Waals surface area contributed by atoms with Gasteiger partial charge < -0.3 is 5.32 Å². The summed E-state index contributed by atoms with van der Waals surface area (Å²) in [7, 11) is 0. The molecular weight excluding hydrogens is 258 g/mol. The van der Waals surface area contributed by atoms with Crippen molar-refractivity contribution in [3.8, 4) is 0 Å². The molecule has 0 bridgehead atoms. The second kappa shape index (κ2) is 5.74. The molecule has 100 valence electrons. The van der Waals surface area contributed by atoms with Crippen LogP contribution in [0.2, 0.25) is 0 Å². The molecular formula is C15H18ClN3. The molecule has 0 amide bonds. The average molecular weight is 276 g/mol. The van der Waals surface area contributed by atoms with E-state index in [9.17, 15) is 0 Å². The molecule has 0 saturated heterocycles. The molecule has 1 saturated carbocycles. The molecule has 1 aromatic heterocycles. The molecule has 0 spiro atoms. The van der Waals surface area contributed by atoms with Crippen LogP contribution >= 0.6 is 11.6 Å². The van der Waals surface area contributed by atoms with Crippen LogP contribution in [-0.4, -0.2) is 21.9 Å². The normalized spacial score (nSPS) is 23.4. The Hall–Kier alpha value is -1.35. The third-order valence-electron chi connectivity index (χ3n) is 3.81. The molecule has 0 atom stereocenters. The van der Waals surface area contributed by atoms with E-state index in [-0.39, 0.29) is 0 Å². The number of halogens is 1. The van der Waals surface area contributed by atoms with Crippen molar-refractivity contribution >= 4 is 28.5 Å². The average Bonchev–Trinajstić information content (AvgIpc) is 2.46. The third-order valence-corrected chi connectivity index (χ3v) is 4.25. The van der Waals surface area contributed by atoms with Gasteiger partial charge in [-0.05, 0) is 37.7 Å². The Balaban J connectivity index is 1.62. The van der Waals surface area contributed by atoms with Crippen molar-refractivity contribution in [1.29, 1.82) is 0 Å². The van der Waals surface area contributed by atoms with Gasteiger partial charge in [-0.15, -0.1) is 11.6 Å². The summed E-state index contributed by atoms with van der Waals surface area (Å²) in [5, 5.41) is 4.82. The van der Waals surface area contributed by atoms with Gasteiger partial charge in [0.25, 0.3) is 0 Å². The Morgan fingerprint density at radius 1 is 1.16 bits per heavy atom. The van der Waals surface area contributed by atoms with Crippen LogP contribution in [0.5, 0.6) is 0 Å². The lowest BCUT2D eigenvalue weighted by Crippen LogP contribution is -2.22. The van der Waals surface area contributed by atoms with E-state index in [1.54, 1.807) is 0 Å². The molecule has 1 aliphatic carbocycles. The van der Waals surface area contributed by atoms with E-state index in [0.29, 0.717) is 11.3 Å². The van der Waals surface area contributed by atoms with Gasteiger partial charge in [0.15, 0.2) is 0 Å². The van der Waals surface area contributed by atoms with Crippen LogP contribution in [0.1, 0.15) is 25.7 Å². The zero-order valence-corrected chi connectivity index (χ0v) is 11.6. The Labute approximate surface area is 118 Å². The molecule has 0 aliphatic heterocycles. The number of anilines is 1. The molecule has 2 aromatic rings. The molecule has 1 aliphatic rings. The number of rotatable bonds is 3. The lowest BCUT2D eigenvalue weighted by molar-refractivity contribution is 0.377. The highest BCUT2D eigenvalue weighted by Gasteiger charge is 2.19. The molecule has 1 fully saturated rings. The first kappa shape index (κ1) is 12.7. The summed E-state index contributed by atoms with van der Waals surface area (Å²) in [6, 6.07) is 8.05. The van der Waals surface area contributed by atoms with E-state index >= 15 is 0 Å². The monoisotopic (exact) mass is 275 g/mol. The summed E-state index contributed by atoms with van der Waals surface area (Å²) in [5.41, 5.74) is 0.990. The maximum absolute atomic E-state index is 6.12. The quantitative estimate of drug-likeness (QED) is 0.865. The van der Waals surface area contributed by atoms with Crippen LogP contribution < -0.4 is 5.32 Å². The molecule has 3 nitrogen and oxygen atoms in total. The van der Waals surface area contributed by atoms with Gasteiger partial charge in [-0.3, -0.25) is 0 Å². The second-order valence-corrected chi connectivity index (χ2v) is 5.87. The van der Waals surface area contributed by atoms with Crippen LogP contribution in [0.25, 0.3) is 10.9 Å². The molecule has 1 aromatic carbocycles. The van der Waals surface area contributed by atoms with E-state index in [0.717, 1.165) is 36.2 Å². The fourth-order valence-corrected chi connectivity index (χ4v) is 2.87. The number of benzene rings is 1. The topological polar surface area (TPSA) is 37.8 Å². The van der Waals surface area contributed by atoms with E-state index in [4.69, 9.17) is 11.6 Å². The van der Waals surface area contributed by atoms with Crippen molar-refractivity contribution in [3.63, 3.8) is 0 Å². The number of fused-ring (bicyclic) bond motifs is 1. The van der Waals surface area contributed by atoms with E-state index in [1.165, 1.54) is 12.8 Å². The number of hydrogen-bond donors (Lipinski definition) is 1. The van der Waals surface area contributed by atoms with Gasteiger partial charge in [-0.2, -0.15) is 0 Å². The first-order valence-electron chi connectivity index (χ1n) is 6.91. The van der Waals surface area contributed by atoms with Gasteiger partial charge in [-0.25, -0.2) is 9.97 Å². The zero-order valence-electron chi connectivity index (χ0n) is 10.8. The minimum absolute atomic E-state index is 0.383. The number of hydrogen-bond acceptors (Lipinski definition) is 3. The van der Waals surface area contributed by atoms with Crippen LogP contribution in [0.4, 0.5) is 5.95 Å². The predicted molar refractivity (Wildman–Crippen MR) is 79.6 cm³/mol. The highest BCUT2D eigenvalue weighted by atomic mass is 35.5. The largest absolute Gasteiger partial charge is 0.354 e. The number of aromatic nitrogens is 2. The number of nitrogens with one attached hydrogen (secondary N) is 1. The summed E-state index contributed by atoms with van der Waals surface area (Å²) < 4.78 is 0. The summed E-state index contributed by atoms with van der Waals surface area (Å²) >= 11 is 6.12. The predicted octanol–water partition coefficient (Wildman–Crippen LogP) is 3.84. The number of alkyl halides is 1. The first-order valence-corrected chi connectivity index (χ1v) is 7.34. The number of para-hydroxylation sites is 1. The molecule has 4 heteroatoms. The summed E-state index contributed by atoms with van der Waals surface area (Å²) in [6.07, 6.45) is 6.54. The standard InChI is InChI=1S/C15H18ClN3/c16-13-7-5-11(6-8-13)9-17-15-18-10-12-3-1-2-4-14(12)19-15/h1-4,10-11,13H,5-9H2,(H,17,18,19). The van der Waals surface area contributed by atoms with E-state index in [2.05, 4.69) is 15.3 Å². The SMILES string of the molecule is ClC1CCC(CNc2ncc3ccccc3n2)CC1. The Morgan fingerprint density at radius 2 is 1.95 bits per heavy atom. The van der Waals surface area contributed by atoms with Gasteiger partial charge in [-0.1, -0.05) is 18.2 Å². The molecule has 1 heterocycles.